The van der Waals surface area contributed by atoms with Gasteiger partial charge in [0.1, 0.15) is 11.3 Å². The lowest BCUT2D eigenvalue weighted by Gasteiger charge is -2.12. The number of carbonyl (C=O) groups is 2. The summed E-state index contributed by atoms with van der Waals surface area (Å²) in [7, 11) is 2.66. The van der Waals surface area contributed by atoms with Gasteiger partial charge in [0.25, 0.3) is 5.91 Å². The highest BCUT2D eigenvalue weighted by atomic mass is 35.5. The van der Waals surface area contributed by atoms with Crippen LogP contribution in [-0.2, 0) is 4.74 Å². The van der Waals surface area contributed by atoms with Crippen LogP contribution in [0.2, 0.25) is 5.02 Å². The number of hydrogen-bond acceptors (Lipinski definition) is 5. The molecule has 114 valence electrons. The van der Waals surface area contributed by atoms with Crippen LogP contribution in [0.4, 0.5) is 5.69 Å². The predicted octanol–water partition coefficient (Wildman–Crippen LogP) is 2.78. The number of carbonyl (C=O) groups excluding carboxylic acids is 2. The van der Waals surface area contributed by atoms with Gasteiger partial charge in [0.15, 0.2) is 0 Å². The Hall–Kier alpha value is -2.60. The molecule has 2 rings (SSSR count). The van der Waals surface area contributed by atoms with Crippen LogP contribution in [0.1, 0.15) is 20.7 Å². The van der Waals surface area contributed by atoms with E-state index in [9.17, 15) is 9.59 Å². The van der Waals surface area contributed by atoms with E-state index in [0.717, 1.165) is 0 Å². The second kappa shape index (κ2) is 6.91. The second-order valence-corrected chi connectivity index (χ2v) is 4.63. The number of ether oxygens (including phenoxy) is 2. The normalized spacial score (nSPS) is 9.95. The van der Waals surface area contributed by atoms with Crippen molar-refractivity contribution < 1.29 is 19.1 Å². The number of halogens is 1. The van der Waals surface area contributed by atoms with Crippen molar-refractivity contribution in [3.8, 4) is 5.75 Å². The van der Waals surface area contributed by atoms with E-state index >= 15 is 0 Å². The number of pyridine rings is 1. The van der Waals surface area contributed by atoms with Crippen molar-refractivity contribution in [2.75, 3.05) is 19.5 Å². The maximum atomic E-state index is 12.1. The molecule has 0 aliphatic heterocycles. The fourth-order valence-corrected chi connectivity index (χ4v) is 1.99. The molecule has 0 radical (unpaired) electrons. The van der Waals surface area contributed by atoms with Crippen LogP contribution in [0.15, 0.2) is 36.7 Å². The summed E-state index contributed by atoms with van der Waals surface area (Å²) >= 11 is 6.10. The molecule has 0 aliphatic rings. The van der Waals surface area contributed by atoms with Crippen molar-refractivity contribution in [2.45, 2.75) is 0 Å². The van der Waals surface area contributed by atoms with Gasteiger partial charge in [0.2, 0.25) is 0 Å². The van der Waals surface area contributed by atoms with E-state index in [1.165, 1.54) is 32.5 Å². The lowest BCUT2D eigenvalue weighted by Crippen LogP contribution is -2.13. The Kier molecular flexibility index (Phi) is 4.95. The van der Waals surface area contributed by atoms with Crippen molar-refractivity contribution in [3.05, 3.63) is 52.8 Å². The molecule has 1 N–H and O–H groups in total. The van der Waals surface area contributed by atoms with Crippen LogP contribution in [0.25, 0.3) is 0 Å². The van der Waals surface area contributed by atoms with Gasteiger partial charge in [-0.3, -0.25) is 9.78 Å². The summed E-state index contributed by atoms with van der Waals surface area (Å²) in [5, 5.41) is 2.84. The topological polar surface area (TPSA) is 77.5 Å². The lowest BCUT2D eigenvalue weighted by atomic mass is 10.1. The average molecular weight is 321 g/mol. The molecule has 7 heteroatoms. The molecule has 0 unspecified atom stereocenters. The third-order valence-corrected chi connectivity index (χ3v) is 3.18. The Bertz CT molecular complexity index is 704. The molecule has 0 spiro atoms. The van der Waals surface area contributed by atoms with E-state index in [0.29, 0.717) is 11.3 Å². The molecule has 1 aromatic carbocycles. The zero-order chi connectivity index (χ0) is 16.1. The summed E-state index contributed by atoms with van der Waals surface area (Å²) in [5.41, 5.74) is 0.879. The van der Waals surface area contributed by atoms with Crippen LogP contribution in [-0.4, -0.2) is 31.1 Å². The third-order valence-electron chi connectivity index (χ3n) is 2.87. The number of nitrogens with zero attached hydrogens (tertiary/aromatic N) is 1. The number of esters is 1. The highest BCUT2D eigenvalue weighted by molar-refractivity contribution is 6.34. The number of methoxy groups -OCH3 is 2. The fourth-order valence-electron chi connectivity index (χ4n) is 1.78. The van der Waals surface area contributed by atoms with Crippen LogP contribution >= 0.6 is 11.6 Å². The SMILES string of the molecule is COC(=O)c1cc(Cl)c(NC(=O)c2cccnc2)cc1OC. The van der Waals surface area contributed by atoms with Gasteiger partial charge in [0, 0.05) is 18.5 Å². The first-order valence-electron chi connectivity index (χ1n) is 6.24. The standard InChI is InChI=1S/C15H13ClN2O4/c1-21-13-7-12(11(16)6-10(13)15(20)22-2)18-14(19)9-4-3-5-17-8-9/h3-8H,1-2H3,(H,18,19). The highest BCUT2D eigenvalue weighted by Crippen LogP contribution is 2.31. The molecule has 6 nitrogen and oxygen atoms in total. The molecule has 22 heavy (non-hydrogen) atoms. The second-order valence-electron chi connectivity index (χ2n) is 4.22. The minimum absolute atomic E-state index is 0.175. The van der Waals surface area contributed by atoms with Crippen molar-refractivity contribution in [2.24, 2.45) is 0 Å². The molecule has 0 saturated carbocycles. The summed E-state index contributed by atoms with van der Waals surface area (Å²) in [6.07, 6.45) is 3.00. The quantitative estimate of drug-likeness (QED) is 0.876. The van der Waals surface area contributed by atoms with Crippen LogP contribution in [0, 0.1) is 0 Å². The fraction of sp³-hybridized carbons (Fsp3) is 0.133. The van der Waals surface area contributed by atoms with Crippen molar-refractivity contribution in [1.29, 1.82) is 0 Å². The summed E-state index contributed by atoms with van der Waals surface area (Å²) < 4.78 is 9.78. The molecule has 0 aliphatic carbocycles. The van der Waals surface area contributed by atoms with Crippen molar-refractivity contribution >= 4 is 29.2 Å². The Morgan fingerprint density at radius 3 is 2.64 bits per heavy atom. The van der Waals surface area contributed by atoms with E-state index in [-0.39, 0.29) is 22.2 Å². The minimum Gasteiger partial charge on any atom is -0.496 e. The Morgan fingerprint density at radius 1 is 1.27 bits per heavy atom. The minimum atomic E-state index is -0.580. The van der Waals surface area contributed by atoms with E-state index in [1.807, 2.05) is 0 Å². The molecule has 1 amide bonds. The third kappa shape index (κ3) is 3.35. The van der Waals surface area contributed by atoms with Crippen molar-refractivity contribution in [3.63, 3.8) is 0 Å². The molecular weight excluding hydrogens is 308 g/mol. The van der Waals surface area contributed by atoms with Gasteiger partial charge < -0.3 is 14.8 Å². The van der Waals surface area contributed by atoms with Gasteiger partial charge in [-0.05, 0) is 18.2 Å². The maximum absolute atomic E-state index is 12.1. The van der Waals surface area contributed by atoms with Gasteiger partial charge in [-0.1, -0.05) is 11.6 Å². The van der Waals surface area contributed by atoms with Gasteiger partial charge in [-0.25, -0.2) is 4.79 Å². The molecule has 0 atom stereocenters. The van der Waals surface area contributed by atoms with E-state index in [4.69, 9.17) is 16.3 Å². The zero-order valence-corrected chi connectivity index (χ0v) is 12.7. The molecule has 2 aromatic rings. The Labute approximate surface area is 132 Å². The van der Waals surface area contributed by atoms with E-state index in [1.54, 1.807) is 18.3 Å². The average Bonchev–Trinajstić information content (AvgIpc) is 2.56. The number of amides is 1. The molecular formula is C15H13ClN2O4. The Morgan fingerprint density at radius 2 is 2.05 bits per heavy atom. The molecule has 0 bridgehead atoms. The van der Waals surface area contributed by atoms with Gasteiger partial charge in [0.05, 0.1) is 30.5 Å². The molecule has 0 fully saturated rings. The Balaban J connectivity index is 2.32. The van der Waals surface area contributed by atoms with Crippen LogP contribution in [0.5, 0.6) is 5.75 Å². The summed E-state index contributed by atoms with van der Waals surface area (Å²) in [6.45, 7) is 0. The summed E-state index contributed by atoms with van der Waals surface area (Å²) in [4.78, 5) is 27.6. The van der Waals surface area contributed by atoms with Crippen LogP contribution in [0.3, 0.4) is 0 Å². The first-order valence-corrected chi connectivity index (χ1v) is 6.62. The first-order chi connectivity index (χ1) is 10.6. The monoisotopic (exact) mass is 320 g/mol. The molecule has 1 heterocycles. The molecule has 1 aromatic heterocycles. The summed E-state index contributed by atoms with van der Waals surface area (Å²) in [6, 6.07) is 6.11. The maximum Gasteiger partial charge on any atom is 0.341 e. The van der Waals surface area contributed by atoms with Crippen LogP contribution < -0.4 is 10.1 Å². The van der Waals surface area contributed by atoms with Crippen molar-refractivity contribution in [1.82, 2.24) is 4.98 Å². The summed E-state index contributed by atoms with van der Waals surface area (Å²) in [5.74, 6) is -0.704. The number of benzene rings is 1. The number of anilines is 1. The number of nitrogens with one attached hydrogen (secondary N) is 1. The number of hydrogen-bond donors (Lipinski definition) is 1. The lowest BCUT2D eigenvalue weighted by molar-refractivity contribution is 0.0597. The van der Waals surface area contributed by atoms with E-state index < -0.39 is 5.97 Å². The number of rotatable bonds is 4. The molecule has 0 saturated heterocycles. The first kappa shape index (κ1) is 15.8. The smallest absolute Gasteiger partial charge is 0.341 e. The van der Waals surface area contributed by atoms with Gasteiger partial charge in [-0.15, -0.1) is 0 Å². The van der Waals surface area contributed by atoms with Gasteiger partial charge in [-0.2, -0.15) is 0 Å². The number of aromatic nitrogens is 1. The highest BCUT2D eigenvalue weighted by Gasteiger charge is 2.17. The van der Waals surface area contributed by atoms with Gasteiger partial charge >= 0.3 is 5.97 Å². The van der Waals surface area contributed by atoms with E-state index in [2.05, 4.69) is 15.0 Å². The largest absolute Gasteiger partial charge is 0.496 e. The predicted molar refractivity (Wildman–Crippen MR) is 81.5 cm³/mol. The zero-order valence-electron chi connectivity index (χ0n) is 11.9.